The molecule has 0 aliphatic heterocycles. The zero-order valence-corrected chi connectivity index (χ0v) is 19.3. The third-order valence-corrected chi connectivity index (χ3v) is 6.87. The van der Waals surface area contributed by atoms with Crippen LogP contribution in [-0.2, 0) is 7.05 Å². The Morgan fingerprint density at radius 3 is 2.47 bits per heavy atom. The van der Waals surface area contributed by atoms with Crippen LogP contribution in [0.25, 0.3) is 21.3 Å². The van der Waals surface area contributed by atoms with Gasteiger partial charge in [0.2, 0.25) is 0 Å². The average molecular weight is 441 g/mol. The van der Waals surface area contributed by atoms with Crippen molar-refractivity contribution in [1.82, 2.24) is 24.7 Å². The minimum atomic E-state index is -0.201. The van der Waals surface area contributed by atoms with Gasteiger partial charge in [-0.15, -0.1) is 21.5 Å². The molecular weight excluding hydrogens is 416 g/mol. The van der Waals surface area contributed by atoms with Crippen molar-refractivity contribution in [3.8, 4) is 11.1 Å². The molecule has 5 rings (SSSR count). The molecule has 1 N–H and O–H groups in total. The molecule has 0 saturated carbocycles. The molecule has 0 aliphatic carbocycles. The first-order chi connectivity index (χ1) is 15.5. The number of nitrogens with one attached hydrogen (secondary N) is 1. The third kappa shape index (κ3) is 3.54. The lowest BCUT2D eigenvalue weighted by Gasteiger charge is -2.20. The number of aromatic nitrogens is 5. The fourth-order valence-electron chi connectivity index (χ4n) is 3.86. The fourth-order valence-corrected chi connectivity index (χ4v) is 4.78. The molecule has 0 spiro atoms. The summed E-state index contributed by atoms with van der Waals surface area (Å²) in [6.07, 6.45) is 1.62. The van der Waals surface area contributed by atoms with Gasteiger partial charge in [0.1, 0.15) is 28.8 Å². The lowest BCUT2D eigenvalue weighted by molar-refractivity contribution is 0.732. The topological polar surface area (TPSA) is 68.5 Å². The van der Waals surface area contributed by atoms with Gasteiger partial charge in [-0.25, -0.2) is 9.97 Å². The van der Waals surface area contributed by atoms with Gasteiger partial charge >= 0.3 is 0 Å². The summed E-state index contributed by atoms with van der Waals surface area (Å²) >= 11 is 1.63. The normalized spacial score (nSPS) is 12.2. The highest BCUT2D eigenvalue weighted by Crippen LogP contribution is 2.38. The molecule has 7 heteroatoms. The Bertz CT molecular complexity index is 1400. The molecule has 2 aromatic carbocycles. The molecule has 0 bridgehead atoms. The Balaban J connectivity index is 1.65. The Morgan fingerprint density at radius 1 is 0.938 bits per heavy atom. The second-order valence-corrected chi connectivity index (χ2v) is 8.86. The lowest BCUT2D eigenvalue weighted by atomic mass is 10.0. The van der Waals surface area contributed by atoms with Gasteiger partial charge in [-0.05, 0) is 43.0 Å². The maximum absolute atomic E-state index is 4.66. The summed E-state index contributed by atoms with van der Waals surface area (Å²) in [5.41, 5.74) is 5.95. The molecule has 0 fully saturated rings. The Labute approximate surface area is 191 Å². The van der Waals surface area contributed by atoms with E-state index in [2.05, 4.69) is 75.0 Å². The van der Waals surface area contributed by atoms with Crippen LogP contribution in [-0.4, -0.2) is 24.7 Å². The lowest BCUT2D eigenvalue weighted by Crippen LogP contribution is -2.18. The summed E-state index contributed by atoms with van der Waals surface area (Å²) in [6, 6.07) is 16.6. The van der Waals surface area contributed by atoms with Gasteiger partial charge in [0.15, 0.2) is 5.82 Å². The number of fused-ring (bicyclic) bond motifs is 1. The number of aryl methyl sites for hydroxylation is 3. The van der Waals surface area contributed by atoms with Crippen molar-refractivity contribution < 1.29 is 0 Å². The second-order valence-electron chi connectivity index (χ2n) is 8.00. The summed E-state index contributed by atoms with van der Waals surface area (Å²) in [4.78, 5) is 10.2. The van der Waals surface area contributed by atoms with Crippen LogP contribution in [0.3, 0.4) is 0 Å². The number of rotatable bonds is 5. The molecule has 6 nitrogen and oxygen atoms in total. The third-order valence-electron chi connectivity index (χ3n) is 5.99. The number of nitrogens with zero attached hydrogens (tertiary/aromatic N) is 5. The van der Waals surface area contributed by atoms with E-state index in [1.807, 2.05) is 36.7 Å². The minimum Gasteiger partial charge on any atom is -0.356 e. The van der Waals surface area contributed by atoms with Gasteiger partial charge in [-0.1, -0.05) is 48.5 Å². The maximum atomic E-state index is 4.66. The van der Waals surface area contributed by atoms with Crippen molar-refractivity contribution in [3.05, 3.63) is 88.6 Å². The molecule has 0 saturated heterocycles. The molecular formula is C25H24N6S. The predicted molar refractivity (Wildman–Crippen MR) is 130 cm³/mol. The summed E-state index contributed by atoms with van der Waals surface area (Å²) < 4.78 is 2.01. The van der Waals surface area contributed by atoms with Crippen LogP contribution in [0.4, 0.5) is 5.82 Å². The van der Waals surface area contributed by atoms with Gasteiger partial charge in [0.25, 0.3) is 0 Å². The average Bonchev–Trinajstić information content (AvgIpc) is 3.39. The first-order valence-electron chi connectivity index (χ1n) is 10.5. The van der Waals surface area contributed by atoms with E-state index in [1.54, 1.807) is 17.7 Å². The molecule has 3 heterocycles. The van der Waals surface area contributed by atoms with E-state index in [0.29, 0.717) is 0 Å². The van der Waals surface area contributed by atoms with Crippen LogP contribution in [0.5, 0.6) is 0 Å². The zero-order valence-electron chi connectivity index (χ0n) is 18.5. The van der Waals surface area contributed by atoms with Crippen LogP contribution >= 0.6 is 11.3 Å². The Morgan fingerprint density at radius 2 is 1.75 bits per heavy atom. The van der Waals surface area contributed by atoms with Gasteiger partial charge < -0.3 is 9.88 Å². The number of hydrogen-bond donors (Lipinski definition) is 1. The van der Waals surface area contributed by atoms with Gasteiger partial charge in [0.05, 0.1) is 5.39 Å². The van der Waals surface area contributed by atoms with Crippen molar-refractivity contribution in [2.45, 2.75) is 26.8 Å². The fraction of sp³-hybridized carbons (Fsp3) is 0.200. The quantitative estimate of drug-likeness (QED) is 0.384. The van der Waals surface area contributed by atoms with E-state index in [0.717, 1.165) is 38.8 Å². The van der Waals surface area contributed by atoms with E-state index in [-0.39, 0.29) is 6.04 Å². The smallest absolute Gasteiger partial charge is 0.160 e. The van der Waals surface area contributed by atoms with Crippen molar-refractivity contribution in [3.63, 3.8) is 0 Å². The molecule has 1 atom stereocenters. The highest BCUT2D eigenvalue weighted by Gasteiger charge is 2.23. The van der Waals surface area contributed by atoms with Gasteiger partial charge in [-0.2, -0.15) is 0 Å². The van der Waals surface area contributed by atoms with Gasteiger partial charge in [-0.3, -0.25) is 0 Å². The van der Waals surface area contributed by atoms with Crippen molar-refractivity contribution >= 4 is 27.4 Å². The van der Waals surface area contributed by atoms with Crippen molar-refractivity contribution in [1.29, 1.82) is 0 Å². The van der Waals surface area contributed by atoms with Crippen LogP contribution < -0.4 is 5.32 Å². The summed E-state index contributed by atoms with van der Waals surface area (Å²) in [7, 11) is 1.99. The summed E-state index contributed by atoms with van der Waals surface area (Å²) in [5.74, 6) is 2.49. The highest BCUT2D eigenvalue weighted by molar-refractivity contribution is 7.17. The van der Waals surface area contributed by atoms with E-state index < -0.39 is 0 Å². The zero-order chi connectivity index (χ0) is 22.2. The van der Waals surface area contributed by atoms with Crippen LogP contribution in [0.1, 0.15) is 34.4 Å². The first kappa shape index (κ1) is 20.3. The van der Waals surface area contributed by atoms with Crippen molar-refractivity contribution in [2.24, 2.45) is 7.05 Å². The monoisotopic (exact) mass is 440 g/mol. The number of thiophene rings is 1. The number of benzene rings is 2. The molecule has 32 heavy (non-hydrogen) atoms. The predicted octanol–water partition coefficient (Wildman–Crippen LogP) is 5.61. The largest absolute Gasteiger partial charge is 0.356 e. The van der Waals surface area contributed by atoms with Crippen LogP contribution in [0.2, 0.25) is 0 Å². The second kappa shape index (κ2) is 8.16. The van der Waals surface area contributed by atoms with E-state index in [1.165, 1.54) is 16.7 Å². The van der Waals surface area contributed by atoms with E-state index >= 15 is 0 Å². The summed E-state index contributed by atoms with van der Waals surface area (Å²) in [5, 5.41) is 15.6. The van der Waals surface area contributed by atoms with Crippen LogP contribution in [0.15, 0.2) is 60.2 Å². The number of hydrogen-bond acceptors (Lipinski definition) is 6. The SMILES string of the molecule is Cc1ccc(-c2csc3ncnc(N[C@@H](c4ccccc4)c4nnc(C)n4C)c23)cc1C. The summed E-state index contributed by atoms with van der Waals surface area (Å²) in [6.45, 7) is 6.23. The maximum Gasteiger partial charge on any atom is 0.160 e. The van der Waals surface area contributed by atoms with E-state index in [4.69, 9.17) is 0 Å². The molecule has 0 amide bonds. The number of anilines is 1. The van der Waals surface area contributed by atoms with Gasteiger partial charge in [0, 0.05) is 18.0 Å². The molecule has 5 aromatic rings. The Hall–Kier alpha value is -3.58. The van der Waals surface area contributed by atoms with Crippen molar-refractivity contribution in [2.75, 3.05) is 5.32 Å². The minimum absolute atomic E-state index is 0.201. The molecule has 0 radical (unpaired) electrons. The highest BCUT2D eigenvalue weighted by atomic mass is 32.1. The molecule has 3 aromatic heterocycles. The molecule has 160 valence electrons. The first-order valence-corrected chi connectivity index (χ1v) is 11.4. The Kier molecular flexibility index (Phi) is 5.19. The van der Waals surface area contributed by atoms with Crippen LogP contribution in [0, 0.1) is 20.8 Å². The van der Waals surface area contributed by atoms with E-state index in [9.17, 15) is 0 Å². The molecule has 0 aliphatic rings. The molecule has 0 unspecified atom stereocenters. The standard InChI is InChI=1S/C25H24N6S/c1-15-10-11-19(12-16(15)2)20-13-32-25-21(20)23(26-14-27-25)28-22(18-8-6-5-7-9-18)24-30-29-17(3)31(24)4/h5-14,22H,1-4H3,(H,26,27,28)/t22-/m0/s1.